The summed E-state index contributed by atoms with van der Waals surface area (Å²) in [6.45, 7) is 7.82. The van der Waals surface area contributed by atoms with Crippen LogP contribution < -0.4 is 5.73 Å². The molecule has 2 nitrogen and oxygen atoms in total. The molecule has 1 aromatic rings. The third-order valence-corrected chi connectivity index (χ3v) is 5.16. The number of nitrogens with two attached hydrogens (primary N) is 1. The average molecular weight is 320 g/mol. The first-order chi connectivity index (χ1) is 11.2. The number of nitrogens with zero attached hydrogens (tertiary/aromatic N) is 1. The lowest BCUT2D eigenvalue weighted by Crippen LogP contribution is -2.23. The molecule has 1 heterocycles. The van der Waals surface area contributed by atoms with Crippen LogP contribution in [0.4, 0.5) is 0 Å². The summed E-state index contributed by atoms with van der Waals surface area (Å²) in [6.07, 6.45) is 12.2. The quantitative estimate of drug-likeness (QED) is 0.488. The van der Waals surface area contributed by atoms with Crippen LogP contribution in [0.5, 0.6) is 0 Å². The zero-order chi connectivity index (χ0) is 16.2. The van der Waals surface area contributed by atoms with Crippen LogP contribution >= 0.6 is 11.8 Å². The van der Waals surface area contributed by atoms with Crippen LogP contribution in [0.3, 0.4) is 0 Å². The Hall–Kier alpha value is -2.10. The van der Waals surface area contributed by atoms with E-state index in [1.807, 2.05) is 18.2 Å². The maximum absolute atomic E-state index is 6.14. The highest BCUT2D eigenvalue weighted by molar-refractivity contribution is 8.10. The molecule has 0 saturated heterocycles. The van der Waals surface area contributed by atoms with Crippen molar-refractivity contribution in [2.75, 3.05) is 0 Å². The molecule has 2 aliphatic rings. The molecule has 1 unspecified atom stereocenters. The predicted molar refractivity (Wildman–Crippen MR) is 101 cm³/mol. The summed E-state index contributed by atoms with van der Waals surface area (Å²) < 4.78 is 0. The van der Waals surface area contributed by atoms with Gasteiger partial charge in [-0.2, -0.15) is 0 Å². The van der Waals surface area contributed by atoms with Crippen molar-refractivity contribution in [3.63, 3.8) is 0 Å². The molecule has 1 aromatic carbocycles. The lowest BCUT2D eigenvalue weighted by molar-refractivity contribution is 0.790. The van der Waals surface area contributed by atoms with E-state index in [4.69, 9.17) is 5.73 Å². The first-order valence-corrected chi connectivity index (χ1v) is 8.49. The van der Waals surface area contributed by atoms with E-state index < -0.39 is 0 Å². The first kappa shape index (κ1) is 15.8. The number of thioether (sulfide) groups is 1. The van der Waals surface area contributed by atoms with Crippen molar-refractivity contribution in [2.45, 2.75) is 23.8 Å². The normalized spacial score (nSPS) is 23.5. The molecule has 3 rings (SSSR count). The maximum Gasteiger partial charge on any atom is 0.0699 e. The maximum atomic E-state index is 6.14. The van der Waals surface area contributed by atoms with Crippen molar-refractivity contribution in [3.05, 3.63) is 83.6 Å². The monoisotopic (exact) mass is 320 g/mol. The van der Waals surface area contributed by atoms with Crippen LogP contribution in [-0.4, -0.2) is 12.8 Å². The minimum Gasteiger partial charge on any atom is -0.321 e. The van der Waals surface area contributed by atoms with Crippen molar-refractivity contribution in [1.29, 1.82) is 0 Å². The second-order valence-electron chi connectivity index (χ2n) is 5.54. The Kier molecular flexibility index (Phi) is 4.79. The van der Waals surface area contributed by atoms with Gasteiger partial charge in [0.15, 0.2) is 0 Å². The lowest BCUT2D eigenvalue weighted by Gasteiger charge is -2.21. The molecule has 0 aromatic heterocycles. The van der Waals surface area contributed by atoms with E-state index in [-0.39, 0.29) is 6.04 Å². The fourth-order valence-electron chi connectivity index (χ4n) is 2.79. The van der Waals surface area contributed by atoms with Gasteiger partial charge in [-0.3, -0.25) is 4.99 Å². The third-order valence-electron chi connectivity index (χ3n) is 4.01. The van der Waals surface area contributed by atoms with Gasteiger partial charge in [0.25, 0.3) is 0 Å². The number of aliphatic imine (C=N–C) groups is 1. The molecule has 1 aliphatic carbocycles. The third kappa shape index (κ3) is 3.31. The van der Waals surface area contributed by atoms with Gasteiger partial charge in [0.1, 0.15) is 0 Å². The molecular weight excluding hydrogens is 300 g/mol. The van der Waals surface area contributed by atoms with E-state index in [2.05, 4.69) is 54.7 Å². The Morgan fingerprint density at radius 3 is 2.91 bits per heavy atom. The molecule has 116 valence electrons. The van der Waals surface area contributed by atoms with Gasteiger partial charge in [0, 0.05) is 21.4 Å². The highest BCUT2D eigenvalue weighted by atomic mass is 32.2. The molecule has 3 heteroatoms. The smallest absolute Gasteiger partial charge is 0.0699 e. The van der Waals surface area contributed by atoms with Gasteiger partial charge in [-0.15, -0.1) is 0 Å². The SMILES string of the molecule is C=N/C(C(=C)/C=C\C=C1/Sc2ccccc21)=C1/CCC=CC1N. The fourth-order valence-corrected chi connectivity index (χ4v) is 3.74. The second kappa shape index (κ2) is 6.99. The van der Waals surface area contributed by atoms with Crippen LogP contribution in [-0.2, 0) is 0 Å². The summed E-state index contributed by atoms with van der Waals surface area (Å²) in [6, 6.07) is 8.34. The number of rotatable bonds is 4. The molecule has 0 amide bonds. The minimum atomic E-state index is -0.0816. The van der Waals surface area contributed by atoms with Gasteiger partial charge in [-0.1, -0.05) is 60.8 Å². The summed E-state index contributed by atoms with van der Waals surface area (Å²) >= 11 is 1.80. The largest absolute Gasteiger partial charge is 0.321 e. The van der Waals surface area contributed by atoms with Gasteiger partial charge >= 0.3 is 0 Å². The molecule has 1 atom stereocenters. The average Bonchev–Trinajstić information content (AvgIpc) is 2.54. The molecule has 0 saturated carbocycles. The van der Waals surface area contributed by atoms with Gasteiger partial charge in [0.2, 0.25) is 0 Å². The Bertz CT molecular complexity index is 766. The summed E-state index contributed by atoms with van der Waals surface area (Å²) in [5.74, 6) is 0. The Balaban J connectivity index is 1.75. The van der Waals surface area contributed by atoms with E-state index in [0.29, 0.717) is 0 Å². The van der Waals surface area contributed by atoms with Crippen LogP contribution in [0.15, 0.2) is 88.0 Å². The number of hydrogen-bond acceptors (Lipinski definition) is 3. The summed E-state index contributed by atoms with van der Waals surface area (Å²) in [5, 5.41) is 0. The van der Waals surface area contributed by atoms with Gasteiger partial charge in [0.05, 0.1) is 5.70 Å². The van der Waals surface area contributed by atoms with Crippen molar-refractivity contribution in [1.82, 2.24) is 0 Å². The molecular formula is C20H20N2S. The number of hydrogen-bond donors (Lipinski definition) is 1. The number of fused-ring (bicyclic) bond motifs is 1. The second-order valence-corrected chi connectivity index (χ2v) is 6.62. The lowest BCUT2D eigenvalue weighted by atomic mass is 9.92. The molecule has 23 heavy (non-hydrogen) atoms. The molecule has 0 bridgehead atoms. The van der Waals surface area contributed by atoms with Crippen molar-refractivity contribution >= 4 is 23.4 Å². The van der Waals surface area contributed by atoms with Gasteiger partial charge < -0.3 is 5.73 Å². The summed E-state index contributed by atoms with van der Waals surface area (Å²) in [7, 11) is 0. The Morgan fingerprint density at radius 1 is 1.35 bits per heavy atom. The standard InChI is InChI=1S/C20H20N2S/c1-14(20(22-2)15-9-3-5-11-17(15)21)8-7-13-19-16-10-4-6-12-18(16)23-19/h4-8,10-13,17H,1-3,9,21H2/b8-7-,19-13-,20-15-. The van der Waals surface area contributed by atoms with Crippen molar-refractivity contribution in [2.24, 2.45) is 10.7 Å². The highest BCUT2D eigenvalue weighted by Gasteiger charge is 2.18. The van der Waals surface area contributed by atoms with Crippen LogP contribution in [0.25, 0.3) is 4.91 Å². The Morgan fingerprint density at radius 2 is 2.17 bits per heavy atom. The van der Waals surface area contributed by atoms with Crippen LogP contribution in [0.2, 0.25) is 0 Å². The van der Waals surface area contributed by atoms with Crippen LogP contribution in [0, 0.1) is 0 Å². The molecule has 1 aliphatic heterocycles. The topological polar surface area (TPSA) is 38.4 Å². The zero-order valence-electron chi connectivity index (χ0n) is 13.0. The molecule has 2 N–H and O–H groups in total. The van der Waals surface area contributed by atoms with E-state index in [1.165, 1.54) is 15.4 Å². The zero-order valence-corrected chi connectivity index (χ0v) is 13.9. The highest BCUT2D eigenvalue weighted by Crippen LogP contribution is 2.48. The Labute approximate surface area is 141 Å². The molecule has 0 fully saturated rings. The summed E-state index contributed by atoms with van der Waals surface area (Å²) in [4.78, 5) is 6.78. The van der Waals surface area contributed by atoms with Crippen molar-refractivity contribution < 1.29 is 0 Å². The number of benzene rings is 1. The van der Waals surface area contributed by atoms with Crippen molar-refractivity contribution in [3.8, 4) is 0 Å². The van der Waals surface area contributed by atoms with E-state index in [0.717, 1.165) is 29.7 Å². The number of allylic oxidation sites excluding steroid dienone is 4. The molecule has 0 spiro atoms. The molecule has 0 radical (unpaired) electrons. The van der Waals surface area contributed by atoms with Gasteiger partial charge in [-0.05, 0) is 42.8 Å². The van der Waals surface area contributed by atoms with Crippen LogP contribution in [0.1, 0.15) is 18.4 Å². The van der Waals surface area contributed by atoms with E-state index in [1.54, 1.807) is 11.8 Å². The van der Waals surface area contributed by atoms with Gasteiger partial charge in [-0.25, -0.2) is 0 Å². The first-order valence-electron chi connectivity index (χ1n) is 7.67. The van der Waals surface area contributed by atoms with E-state index >= 15 is 0 Å². The predicted octanol–water partition coefficient (Wildman–Crippen LogP) is 4.88. The fraction of sp³-hybridized carbons (Fsp3) is 0.150. The summed E-state index contributed by atoms with van der Waals surface area (Å²) in [5.41, 5.74) is 10.3. The van der Waals surface area contributed by atoms with E-state index in [9.17, 15) is 0 Å². The minimum absolute atomic E-state index is 0.0816.